The van der Waals surface area contributed by atoms with Gasteiger partial charge in [0, 0.05) is 59.1 Å². The highest BCUT2D eigenvalue weighted by atomic mass is 16.5. The van der Waals surface area contributed by atoms with Crippen LogP contribution in [-0.2, 0) is 20.9 Å². The molecule has 1 N–H and O–H groups in total. The van der Waals surface area contributed by atoms with E-state index in [2.05, 4.69) is 50.0 Å². The summed E-state index contributed by atoms with van der Waals surface area (Å²) < 4.78 is 6.17. The summed E-state index contributed by atoms with van der Waals surface area (Å²) in [6.07, 6.45) is 2.27. The monoisotopic (exact) mass is 588 g/mol. The van der Waals surface area contributed by atoms with Gasteiger partial charge >= 0.3 is 0 Å². The summed E-state index contributed by atoms with van der Waals surface area (Å²) in [7, 11) is 0. The summed E-state index contributed by atoms with van der Waals surface area (Å²) in [6, 6.07) is 27.1. The van der Waals surface area contributed by atoms with Crippen LogP contribution in [0.2, 0.25) is 0 Å². The van der Waals surface area contributed by atoms with Crippen LogP contribution in [-0.4, -0.2) is 29.0 Å². The molecule has 0 saturated heterocycles. The molecule has 6 heteroatoms. The number of hydrogen-bond donors (Lipinski definition) is 1. The quantitative estimate of drug-likeness (QED) is 0.308. The van der Waals surface area contributed by atoms with Crippen molar-refractivity contribution in [3.63, 3.8) is 0 Å². The Morgan fingerprint density at radius 2 is 1.27 bits per heavy atom. The van der Waals surface area contributed by atoms with E-state index >= 15 is 0 Å². The second kappa shape index (κ2) is 11.6. The Bertz CT molecular complexity index is 1610. The Balaban J connectivity index is 1.45. The maximum Gasteiger partial charge on any atom is 0.262 e. The van der Waals surface area contributed by atoms with Gasteiger partial charge in [0.1, 0.15) is 5.75 Å². The third-order valence-corrected chi connectivity index (χ3v) is 8.85. The lowest BCUT2D eigenvalue weighted by molar-refractivity contribution is -0.120. The van der Waals surface area contributed by atoms with Crippen molar-refractivity contribution >= 4 is 23.2 Å². The van der Waals surface area contributed by atoms with Gasteiger partial charge in [-0.2, -0.15) is 0 Å². The average Bonchev–Trinajstić information content (AvgIpc) is 2.97. The molecule has 44 heavy (non-hydrogen) atoms. The smallest absolute Gasteiger partial charge is 0.262 e. The van der Waals surface area contributed by atoms with Crippen molar-refractivity contribution in [2.45, 2.75) is 65.8 Å². The highest BCUT2D eigenvalue weighted by Gasteiger charge is 2.49. The molecule has 6 nitrogen and oxygen atoms in total. The van der Waals surface area contributed by atoms with Crippen molar-refractivity contribution in [2.75, 3.05) is 11.9 Å². The minimum Gasteiger partial charge on any atom is -0.483 e. The average molecular weight is 589 g/mol. The maximum atomic E-state index is 14.2. The van der Waals surface area contributed by atoms with Crippen LogP contribution in [0.15, 0.2) is 107 Å². The first-order chi connectivity index (χ1) is 21.0. The van der Waals surface area contributed by atoms with Crippen molar-refractivity contribution in [3.05, 3.63) is 119 Å². The van der Waals surface area contributed by atoms with Gasteiger partial charge in [0.2, 0.25) is 0 Å². The molecule has 1 heterocycles. The van der Waals surface area contributed by atoms with Crippen LogP contribution < -0.4 is 10.1 Å². The van der Waals surface area contributed by atoms with Gasteiger partial charge in [-0.15, -0.1) is 0 Å². The highest BCUT2D eigenvalue weighted by Crippen LogP contribution is 2.55. The largest absolute Gasteiger partial charge is 0.483 e. The van der Waals surface area contributed by atoms with Crippen LogP contribution in [0.25, 0.3) is 0 Å². The Morgan fingerprint density at radius 1 is 0.750 bits per heavy atom. The predicted octanol–water partition coefficient (Wildman–Crippen LogP) is 7.59. The van der Waals surface area contributed by atoms with Crippen LogP contribution >= 0.6 is 0 Å². The van der Waals surface area contributed by atoms with E-state index in [1.165, 1.54) is 0 Å². The van der Waals surface area contributed by atoms with Crippen molar-refractivity contribution in [1.29, 1.82) is 0 Å². The molecule has 6 rings (SSSR count). The summed E-state index contributed by atoms with van der Waals surface area (Å²) in [5.74, 6) is -0.187. The molecule has 0 radical (unpaired) electrons. The number of Topliss-reactive ketones (excluding diaryl/α,β-unsaturated/α-hetero) is 2. The summed E-state index contributed by atoms with van der Waals surface area (Å²) in [5.41, 5.74) is 5.52. The molecule has 0 saturated carbocycles. The minimum absolute atomic E-state index is 0.0696. The Morgan fingerprint density at radius 3 is 1.86 bits per heavy atom. The van der Waals surface area contributed by atoms with E-state index in [4.69, 9.17) is 4.74 Å². The number of rotatable bonds is 7. The van der Waals surface area contributed by atoms with Crippen LogP contribution in [0, 0.1) is 10.8 Å². The molecule has 3 aliphatic rings. The number of benzene rings is 3. The van der Waals surface area contributed by atoms with Gasteiger partial charge in [-0.1, -0.05) is 94.4 Å². The molecule has 0 atom stereocenters. The number of allylic oxidation sites excluding steroid dienone is 4. The third-order valence-electron chi connectivity index (χ3n) is 8.85. The molecule has 1 amide bonds. The van der Waals surface area contributed by atoms with Gasteiger partial charge < -0.3 is 15.0 Å². The second-order valence-electron chi connectivity index (χ2n) is 13.8. The van der Waals surface area contributed by atoms with Gasteiger partial charge in [-0.3, -0.25) is 14.4 Å². The van der Waals surface area contributed by atoms with Gasteiger partial charge in [0.15, 0.2) is 18.2 Å². The Labute approximate surface area is 259 Å². The van der Waals surface area contributed by atoms with E-state index in [1.54, 1.807) is 0 Å². The molecule has 2 aliphatic carbocycles. The van der Waals surface area contributed by atoms with E-state index in [9.17, 15) is 14.4 Å². The number of ketones is 2. The van der Waals surface area contributed by atoms with Crippen molar-refractivity contribution in [2.24, 2.45) is 10.8 Å². The molecule has 0 aromatic heterocycles. The fraction of sp³-hybridized carbons (Fsp3) is 0.342. The summed E-state index contributed by atoms with van der Waals surface area (Å²) in [5, 5.41) is 2.87. The number of ether oxygens (including phenoxy) is 1. The minimum atomic E-state index is -0.549. The molecule has 0 unspecified atom stereocenters. The first-order valence-corrected chi connectivity index (χ1v) is 15.4. The number of carbonyl (C=O) groups is 3. The molecular weight excluding hydrogens is 548 g/mol. The first kappa shape index (κ1) is 29.6. The number of nitrogens with zero attached hydrogens (tertiary/aromatic N) is 1. The highest BCUT2D eigenvalue weighted by molar-refractivity contribution is 6.07. The molecule has 0 bridgehead atoms. The standard InChI is InChI=1S/C38H40N2O4/c1-37(2)19-28-35(30(41)21-37)34(27-17-11-12-18-32(27)44-24-33(43)39-26-15-9-6-10-16-26)36-29(20-38(3,4)22-31(36)42)40(28)23-25-13-7-5-8-14-25/h5-18,34H,19-24H2,1-4H3,(H,39,43). The van der Waals surface area contributed by atoms with Crippen LogP contribution in [0.4, 0.5) is 5.69 Å². The van der Waals surface area contributed by atoms with E-state index in [-0.39, 0.29) is 34.9 Å². The Hall–Kier alpha value is -4.45. The van der Waals surface area contributed by atoms with Crippen molar-refractivity contribution in [1.82, 2.24) is 4.90 Å². The molecule has 0 spiro atoms. The third kappa shape index (κ3) is 5.99. The van der Waals surface area contributed by atoms with E-state index < -0.39 is 5.92 Å². The van der Waals surface area contributed by atoms with E-state index in [0.717, 1.165) is 35.4 Å². The lowest BCUT2D eigenvalue weighted by Gasteiger charge is -2.49. The second-order valence-corrected chi connectivity index (χ2v) is 13.8. The molecule has 3 aromatic carbocycles. The lowest BCUT2D eigenvalue weighted by atomic mass is 9.63. The number of para-hydroxylation sites is 2. The Kier molecular flexibility index (Phi) is 7.79. The van der Waals surface area contributed by atoms with Crippen LogP contribution in [0.1, 0.15) is 70.4 Å². The SMILES string of the molecule is CC1(C)CC(=O)C2=C(C1)N(Cc1ccccc1)C1=C(C(=O)CC(C)(C)C1)C2c1ccccc1OCC(=O)Nc1ccccc1. The summed E-state index contributed by atoms with van der Waals surface area (Å²) in [4.78, 5) is 43.5. The number of nitrogens with one attached hydrogen (secondary N) is 1. The molecule has 3 aromatic rings. The van der Waals surface area contributed by atoms with Gasteiger partial charge in [0.25, 0.3) is 5.91 Å². The number of carbonyl (C=O) groups excluding carboxylic acids is 3. The normalized spacial score (nSPS) is 19.4. The van der Waals surface area contributed by atoms with Crippen molar-refractivity contribution < 1.29 is 19.1 Å². The number of amides is 1. The first-order valence-electron chi connectivity index (χ1n) is 15.4. The predicted molar refractivity (Wildman–Crippen MR) is 172 cm³/mol. The topological polar surface area (TPSA) is 75.7 Å². The zero-order chi connectivity index (χ0) is 31.1. The number of hydrogen-bond acceptors (Lipinski definition) is 5. The lowest BCUT2D eigenvalue weighted by Crippen LogP contribution is -2.44. The molecule has 1 aliphatic heterocycles. The van der Waals surface area contributed by atoms with E-state index in [1.807, 2.05) is 72.8 Å². The maximum absolute atomic E-state index is 14.2. The van der Waals surface area contributed by atoms with Gasteiger partial charge in [-0.05, 0) is 47.4 Å². The van der Waals surface area contributed by atoms with Gasteiger partial charge in [0.05, 0.1) is 0 Å². The van der Waals surface area contributed by atoms with Crippen LogP contribution in [0.3, 0.4) is 0 Å². The zero-order valence-electron chi connectivity index (χ0n) is 26.0. The summed E-state index contributed by atoms with van der Waals surface area (Å²) in [6.45, 7) is 8.98. The van der Waals surface area contributed by atoms with Crippen molar-refractivity contribution in [3.8, 4) is 5.75 Å². The molecule has 0 fully saturated rings. The van der Waals surface area contributed by atoms with Crippen LogP contribution in [0.5, 0.6) is 5.75 Å². The molecule has 226 valence electrons. The van der Waals surface area contributed by atoms with Gasteiger partial charge in [-0.25, -0.2) is 0 Å². The fourth-order valence-electron chi connectivity index (χ4n) is 7.03. The zero-order valence-corrected chi connectivity index (χ0v) is 26.0. The molecular formula is C38H40N2O4. The number of anilines is 1. The summed E-state index contributed by atoms with van der Waals surface area (Å²) >= 11 is 0. The fourth-order valence-corrected chi connectivity index (χ4v) is 7.03. The van der Waals surface area contributed by atoms with E-state index in [0.29, 0.717) is 42.0 Å².